The van der Waals surface area contributed by atoms with Crippen molar-refractivity contribution >= 4 is 18.1 Å². The summed E-state index contributed by atoms with van der Waals surface area (Å²) in [5.74, 6) is 2.06. The third-order valence-corrected chi connectivity index (χ3v) is 3.93. The van der Waals surface area contributed by atoms with Crippen LogP contribution in [0.25, 0.3) is 5.69 Å². The molecule has 0 unspecified atom stereocenters. The standard InChI is InChI=1S/C18H22N6O2.ClH/c1-23(11-13-5-4-6-14(19)7-13)12-18-20-21-22-24(18)15-8-16(25-2)10-17(9-15)26-3;/h4-10H,11-12,19H2,1-3H3;1H. The van der Waals surface area contributed by atoms with E-state index in [1.165, 1.54) is 0 Å². The van der Waals surface area contributed by atoms with Gasteiger partial charge in [0, 0.05) is 30.4 Å². The third kappa shape index (κ3) is 5.08. The number of nitrogens with zero attached hydrogens (tertiary/aromatic N) is 5. The van der Waals surface area contributed by atoms with Gasteiger partial charge in [-0.25, -0.2) is 0 Å². The van der Waals surface area contributed by atoms with E-state index in [0.717, 1.165) is 23.5 Å². The molecule has 2 aromatic carbocycles. The summed E-state index contributed by atoms with van der Waals surface area (Å²) < 4.78 is 12.3. The highest BCUT2D eigenvalue weighted by atomic mass is 35.5. The SMILES string of the molecule is COc1cc(OC)cc(-n2nnnc2CN(C)Cc2cccc(N)c2)c1.Cl. The lowest BCUT2D eigenvalue weighted by Gasteiger charge is -2.17. The smallest absolute Gasteiger partial charge is 0.170 e. The highest BCUT2D eigenvalue weighted by Crippen LogP contribution is 2.25. The maximum atomic E-state index is 5.85. The van der Waals surface area contributed by atoms with Crippen molar-refractivity contribution in [2.45, 2.75) is 13.1 Å². The fraction of sp³-hybridized carbons (Fsp3) is 0.278. The van der Waals surface area contributed by atoms with E-state index in [1.54, 1.807) is 25.0 Å². The number of aromatic nitrogens is 4. The summed E-state index contributed by atoms with van der Waals surface area (Å²) in [6.45, 7) is 1.31. The van der Waals surface area contributed by atoms with Gasteiger partial charge >= 0.3 is 0 Å². The predicted molar refractivity (Wildman–Crippen MR) is 106 cm³/mol. The van der Waals surface area contributed by atoms with Crippen LogP contribution in [0.5, 0.6) is 11.5 Å². The Morgan fingerprint density at radius 1 is 1.04 bits per heavy atom. The quantitative estimate of drug-likeness (QED) is 0.619. The van der Waals surface area contributed by atoms with Crippen LogP contribution in [0.3, 0.4) is 0 Å². The van der Waals surface area contributed by atoms with E-state index >= 15 is 0 Å². The van der Waals surface area contributed by atoms with Crippen molar-refractivity contribution in [3.05, 3.63) is 53.9 Å². The van der Waals surface area contributed by atoms with E-state index in [0.29, 0.717) is 23.9 Å². The van der Waals surface area contributed by atoms with Crippen LogP contribution >= 0.6 is 12.4 Å². The van der Waals surface area contributed by atoms with E-state index in [9.17, 15) is 0 Å². The monoisotopic (exact) mass is 390 g/mol. The molecule has 0 saturated heterocycles. The third-order valence-electron chi connectivity index (χ3n) is 3.93. The maximum absolute atomic E-state index is 5.85. The van der Waals surface area contributed by atoms with Gasteiger partial charge in [0.25, 0.3) is 0 Å². The van der Waals surface area contributed by atoms with E-state index < -0.39 is 0 Å². The Bertz CT molecular complexity index is 864. The Balaban J connectivity index is 0.00000261. The largest absolute Gasteiger partial charge is 0.497 e. The summed E-state index contributed by atoms with van der Waals surface area (Å²) in [5, 5.41) is 12.1. The molecule has 0 aliphatic carbocycles. The average Bonchev–Trinajstić information content (AvgIpc) is 3.09. The Morgan fingerprint density at radius 3 is 2.37 bits per heavy atom. The minimum Gasteiger partial charge on any atom is -0.497 e. The van der Waals surface area contributed by atoms with Crippen LogP contribution in [0, 0.1) is 0 Å². The van der Waals surface area contributed by atoms with E-state index in [2.05, 4.69) is 20.4 Å². The van der Waals surface area contributed by atoms with Gasteiger partial charge in [-0.05, 0) is 35.2 Å². The van der Waals surface area contributed by atoms with Crippen molar-refractivity contribution in [3.63, 3.8) is 0 Å². The van der Waals surface area contributed by atoms with Crippen LogP contribution in [-0.2, 0) is 13.1 Å². The lowest BCUT2D eigenvalue weighted by Crippen LogP contribution is -2.20. The van der Waals surface area contributed by atoms with Crippen molar-refractivity contribution in [1.82, 2.24) is 25.1 Å². The van der Waals surface area contributed by atoms with E-state index in [4.69, 9.17) is 15.2 Å². The molecule has 0 spiro atoms. The molecule has 3 aromatic rings. The number of hydrogen-bond donors (Lipinski definition) is 1. The first-order chi connectivity index (χ1) is 12.6. The number of methoxy groups -OCH3 is 2. The van der Waals surface area contributed by atoms with E-state index in [1.807, 2.05) is 43.4 Å². The molecule has 0 aliphatic heterocycles. The van der Waals surface area contributed by atoms with Crippen LogP contribution in [0.1, 0.15) is 11.4 Å². The lowest BCUT2D eigenvalue weighted by molar-refractivity contribution is 0.307. The molecule has 0 radical (unpaired) electrons. The normalized spacial score (nSPS) is 10.5. The second kappa shape index (κ2) is 9.20. The molecule has 1 heterocycles. The van der Waals surface area contributed by atoms with E-state index in [-0.39, 0.29) is 12.4 Å². The molecule has 8 nitrogen and oxygen atoms in total. The molecule has 0 bridgehead atoms. The van der Waals surface area contributed by atoms with Crippen LogP contribution in [0.2, 0.25) is 0 Å². The first-order valence-corrected chi connectivity index (χ1v) is 8.12. The number of anilines is 1. The van der Waals surface area contributed by atoms with Gasteiger partial charge in [-0.3, -0.25) is 4.90 Å². The summed E-state index contributed by atoms with van der Waals surface area (Å²) in [6.07, 6.45) is 0. The highest BCUT2D eigenvalue weighted by Gasteiger charge is 2.13. The number of tetrazole rings is 1. The lowest BCUT2D eigenvalue weighted by atomic mass is 10.2. The average molecular weight is 391 g/mol. The zero-order valence-corrected chi connectivity index (χ0v) is 16.3. The molecule has 144 valence electrons. The maximum Gasteiger partial charge on any atom is 0.170 e. The molecule has 0 saturated carbocycles. The van der Waals surface area contributed by atoms with Crippen LogP contribution in [-0.4, -0.2) is 46.4 Å². The fourth-order valence-corrected chi connectivity index (χ4v) is 2.72. The fourth-order valence-electron chi connectivity index (χ4n) is 2.72. The van der Waals surface area contributed by atoms with Crippen LogP contribution in [0.15, 0.2) is 42.5 Å². The van der Waals surface area contributed by atoms with Crippen molar-refractivity contribution in [3.8, 4) is 17.2 Å². The Labute approximate surface area is 164 Å². The molecule has 0 fully saturated rings. The van der Waals surface area contributed by atoms with Gasteiger partial charge < -0.3 is 15.2 Å². The summed E-state index contributed by atoms with van der Waals surface area (Å²) in [6, 6.07) is 13.4. The molecule has 0 aliphatic rings. The molecular formula is C18H23ClN6O2. The van der Waals surface area contributed by atoms with Gasteiger partial charge in [0.1, 0.15) is 11.5 Å². The Kier molecular flexibility index (Phi) is 6.98. The molecule has 0 atom stereocenters. The Hall–Kier alpha value is -2.84. The van der Waals surface area contributed by atoms with Gasteiger partial charge in [-0.2, -0.15) is 4.68 Å². The molecule has 0 amide bonds. The second-order valence-electron chi connectivity index (χ2n) is 6.00. The van der Waals surface area contributed by atoms with Gasteiger partial charge in [-0.1, -0.05) is 12.1 Å². The van der Waals surface area contributed by atoms with Crippen molar-refractivity contribution in [2.24, 2.45) is 0 Å². The van der Waals surface area contributed by atoms with Crippen molar-refractivity contribution in [2.75, 3.05) is 27.0 Å². The number of halogens is 1. The van der Waals surface area contributed by atoms with Gasteiger partial charge in [0.2, 0.25) is 0 Å². The molecule has 9 heteroatoms. The zero-order chi connectivity index (χ0) is 18.5. The predicted octanol–water partition coefficient (Wildman–Crippen LogP) is 2.32. The van der Waals surface area contributed by atoms with Crippen LogP contribution in [0.4, 0.5) is 5.69 Å². The highest BCUT2D eigenvalue weighted by molar-refractivity contribution is 5.85. The minimum atomic E-state index is 0. The number of benzene rings is 2. The topological polar surface area (TPSA) is 91.3 Å². The van der Waals surface area contributed by atoms with Crippen molar-refractivity contribution < 1.29 is 9.47 Å². The minimum absolute atomic E-state index is 0. The van der Waals surface area contributed by atoms with Gasteiger partial charge in [0.05, 0.1) is 26.5 Å². The van der Waals surface area contributed by atoms with Crippen molar-refractivity contribution in [1.29, 1.82) is 0 Å². The molecular weight excluding hydrogens is 368 g/mol. The Morgan fingerprint density at radius 2 is 1.74 bits per heavy atom. The van der Waals surface area contributed by atoms with Crippen LogP contribution < -0.4 is 15.2 Å². The van der Waals surface area contributed by atoms with Gasteiger partial charge in [-0.15, -0.1) is 17.5 Å². The zero-order valence-electron chi connectivity index (χ0n) is 15.5. The number of hydrogen-bond acceptors (Lipinski definition) is 7. The summed E-state index contributed by atoms with van der Waals surface area (Å²) in [5.41, 5.74) is 8.51. The second-order valence-corrected chi connectivity index (χ2v) is 6.00. The molecule has 3 rings (SSSR count). The summed E-state index contributed by atoms with van der Waals surface area (Å²) in [7, 11) is 5.23. The summed E-state index contributed by atoms with van der Waals surface area (Å²) >= 11 is 0. The first-order valence-electron chi connectivity index (χ1n) is 8.12. The molecule has 27 heavy (non-hydrogen) atoms. The molecule has 2 N–H and O–H groups in total. The van der Waals surface area contributed by atoms with Gasteiger partial charge in [0.15, 0.2) is 5.82 Å². The number of nitrogens with two attached hydrogens (primary N) is 1. The number of rotatable bonds is 7. The molecule has 1 aromatic heterocycles. The summed E-state index contributed by atoms with van der Waals surface area (Å²) in [4.78, 5) is 2.12. The number of nitrogen functional groups attached to an aromatic ring is 1. The first kappa shape index (κ1) is 20.5. The number of ether oxygens (including phenoxy) is 2.